The van der Waals surface area contributed by atoms with E-state index in [4.69, 9.17) is 4.74 Å². The molecule has 0 aromatic heterocycles. The smallest absolute Gasteiger partial charge is 0.227 e. The summed E-state index contributed by atoms with van der Waals surface area (Å²) in [5.41, 5.74) is 0.856. The van der Waals surface area contributed by atoms with Crippen LogP contribution in [0.25, 0.3) is 0 Å². The van der Waals surface area contributed by atoms with Crippen LogP contribution < -0.4 is 9.64 Å². The zero-order chi connectivity index (χ0) is 10.8. The Morgan fingerprint density at radius 2 is 2.27 bits per heavy atom. The van der Waals surface area contributed by atoms with Crippen molar-refractivity contribution in [2.24, 2.45) is 0 Å². The van der Waals surface area contributed by atoms with Crippen LogP contribution in [-0.4, -0.2) is 19.6 Å². The van der Waals surface area contributed by atoms with E-state index < -0.39 is 0 Å². The predicted molar refractivity (Wildman–Crippen MR) is 62.3 cm³/mol. The van der Waals surface area contributed by atoms with E-state index in [0.29, 0.717) is 6.42 Å². The van der Waals surface area contributed by atoms with E-state index in [-0.39, 0.29) is 5.91 Å². The first-order valence-electron chi connectivity index (χ1n) is 4.86. The van der Waals surface area contributed by atoms with Gasteiger partial charge in [-0.25, -0.2) is 0 Å². The topological polar surface area (TPSA) is 29.5 Å². The van der Waals surface area contributed by atoms with Gasteiger partial charge >= 0.3 is 0 Å². The highest BCUT2D eigenvalue weighted by molar-refractivity contribution is 9.10. The Hall–Kier alpha value is -1.03. The molecule has 0 atom stereocenters. The normalized spacial score (nSPS) is 15.9. The summed E-state index contributed by atoms with van der Waals surface area (Å²) in [6.45, 7) is 0.783. The number of amides is 1. The molecule has 80 valence electrons. The maximum atomic E-state index is 11.6. The predicted octanol–water partition coefficient (Wildman–Crippen LogP) is 2.58. The van der Waals surface area contributed by atoms with Gasteiger partial charge in [-0.2, -0.15) is 0 Å². The van der Waals surface area contributed by atoms with Crippen LogP contribution in [0.4, 0.5) is 5.69 Å². The van der Waals surface area contributed by atoms with Crippen molar-refractivity contribution in [2.45, 2.75) is 12.8 Å². The first-order valence-corrected chi connectivity index (χ1v) is 5.65. The highest BCUT2D eigenvalue weighted by atomic mass is 79.9. The fourth-order valence-electron chi connectivity index (χ4n) is 1.78. The third kappa shape index (κ3) is 2.00. The van der Waals surface area contributed by atoms with Crippen molar-refractivity contribution in [2.75, 3.05) is 18.6 Å². The summed E-state index contributed by atoms with van der Waals surface area (Å²) >= 11 is 3.40. The van der Waals surface area contributed by atoms with Gasteiger partial charge in [-0.1, -0.05) is 15.9 Å². The van der Waals surface area contributed by atoms with E-state index in [1.807, 2.05) is 18.2 Å². The summed E-state index contributed by atoms with van der Waals surface area (Å²) in [7, 11) is 1.62. The summed E-state index contributed by atoms with van der Waals surface area (Å²) in [5, 5.41) is 0. The number of benzene rings is 1. The lowest BCUT2D eigenvalue weighted by molar-refractivity contribution is -0.117. The standard InChI is InChI=1S/C11H12BrNO2/c1-15-10-5-4-8(12)7-9(10)13-6-2-3-11(13)14/h4-5,7H,2-3,6H2,1H3. The van der Waals surface area contributed by atoms with E-state index >= 15 is 0 Å². The number of rotatable bonds is 2. The van der Waals surface area contributed by atoms with E-state index in [1.165, 1.54) is 0 Å². The van der Waals surface area contributed by atoms with Gasteiger partial charge in [-0.05, 0) is 24.6 Å². The maximum absolute atomic E-state index is 11.6. The number of hydrogen-bond acceptors (Lipinski definition) is 2. The Labute approximate surface area is 97.2 Å². The van der Waals surface area contributed by atoms with Gasteiger partial charge in [0, 0.05) is 17.4 Å². The highest BCUT2D eigenvalue weighted by Crippen LogP contribution is 2.33. The molecule has 3 nitrogen and oxygen atoms in total. The summed E-state index contributed by atoms with van der Waals surface area (Å²) in [6, 6.07) is 5.69. The van der Waals surface area contributed by atoms with E-state index in [9.17, 15) is 4.79 Å². The Bertz CT molecular complexity index is 392. The summed E-state index contributed by atoms with van der Waals surface area (Å²) in [5.74, 6) is 0.917. The summed E-state index contributed by atoms with van der Waals surface area (Å²) in [6.07, 6.45) is 1.56. The number of ether oxygens (including phenoxy) is 1. The molecule has 0 N–H and O–H groups in total. The SMILES string of the molecule is COc1ccc(Br)cc1N1CCCC1=O. The van der Waals surface area contributed by atoms with Gasteiger partial charge in [0.05, 0.1) is 12.8 Å². The second kappa shape index (κ2) is 4.23. The monoisotopic (exact) mass is 269 g/mol. The lowest BCUT2D eigenvalue weighted by atomic mass is 10.2. The van der Waals surface area contributed by atoms with Crippen LogP contribution in [0.15, 0.2) is 22.7 Å². The highest BCUT2D eigenvalue weighted by Gasteiger charge is 2.24. The van der Waals surface area contributed by atoms with Crippen LogP contribution in [0.1, 0.15) is 12.8 Å². The van der Waals surface area contributed by atoms with Crippen molar-refractivity contribution in [3.05, 3.63) is 22.7 Å². The second-order valence-corrected chi connectivity index (χ2v) is 4.38. The molecule has 1 aromatic carbocycles. The zero-order valence-corrected chi connectivity index (χ0v) is 10.1. The van der Waals surface area contributed by atoms with Crippen molar-refractivity contribution in [1.29, 1.82) is 0 Å². The van der Waals surface area contributed by atoms with Gasteiger partial charge in [0.25, 0.3) is 0 Å². The third-order valence-electron chi connectivity index (χ3n) is 2.51. The molecule has 0 bridgehead atoms. The first-order chi connectivity index (χ1) is 7.22. The molecule has 4 heteroatoms. The van der Waals surface area contributed by atoms with Crippen LogP contribution in [0, 0.1) is 0 Å². The Balaban J connectivity index is 2.40. The van der Waals surface area contributed by atoms with E-state index in [2.05, 4.69) is 15.9 Å². The van der Waals surface area contributed by atoms with Gasteiger partial charge in [-0.3, -0.25) is 4.79 Å². The van der Waals surface area contributed by atoms with Crippen molar-refractivity contribution >= 4 is 27.5 Å². The molecule has 1 heterocycles. The lowest BCUT2D eigenvalue weighted by Crippen LogP contribution is -2.24. The number of methoxy groups -OCH3 is 1. The van der Waals surface area contributed by atoms with Crippen LogP contribution in [0.3, 0.4) is 0 Å². The molecule has 1 fully saturated rings. The molecule has 0 unspecified atom stereocenters. The fourth-order valence-corrected chi connectivity index (χ4v) is 2.13. The molecule has 1 aromatic rings. The summed E-state index contributed by atoms with van der Waals surface area (Å²) in [4.78, 5) is 13.4. The number of carbonyl (C=O) groups is 1. The fraction of sp³-hybridized carbons (Fsp3) is 0.364. The van der Waals surface area contributed by atoms with Gasteiger partial charge in [0.15, 0.2) is 0 Å². The van der Waals surface area contributed by atoms with Crippen LogP contribution in [0.2, 0.25) is 0 Å². The maximum Gasteiger partial charge on any atom is 0.227 e. The molecule has 1 aliphatic rings. The molecule has 0 spiro atoms. The number of hydrogen-bond donors (Lipinski definition) is 0. The van der Waals surface area contributed by atoms with Gasteiger partial charge in [0.2, 0.25) is 5.91 Å². The Morgan fingerprint density at radius 3 is 2.87 bits per heavy atom. The van der Waals surface area contributed by atoms with Crippen LogP contribution in [0.5, 0.6) is 5.75 Å². The summed E-state index contributed by atoms with van der Waals surface area (Å²) < 4.78 is 6.20. The van der Waals surface area contributed by atoms with E-state index in [0.717, 1.165) is 28.9 Å². The molecule has 2 rings (SSSR count). The molecule has 1 amide bonds. The van der Waals surface area contributed by atoms with Gasteiger partial charge < -0.3 is 9.64 Å². The average Bonchev–Trinajstić information content (AvgIpc) is 2.64. The van der Waals surface area contributed by atoms with Crippen molar-refractivity contribution in [1.82, 2.24) is 0 Å². The minimum Gasteiger partial charge on any atom is -0.495 e. The Kier molecular flexibility index (Phi) is 2.95. The molecule has 1 aliphatic heterocycles. The largest absolute Gasteiger partial charge is 0.495 e. The van der Waals surface area contributed by atoms with E-state index in [1.54, 1.807) is 12.0 Å². The minimum atomic E-state index is 0.173. The Morgan fingerprint density at radius 1 is 1.47 bits per heavy atom. The number of nitrogens with zero attached hydrogens (tertiary/aromatic N) is 1. The van der Waals surface area contributed by atoms with Crippen molar-refractivity contribution in [3.63, 3.8) is 0 Å². The van der Waals surface area contributed by atoms with Gasteiger partial charge in [0.1, 0.15) is 5.75 Å². The lowest BCUT2D eigenvalue weighted by Gasteiger charge is -2.18. The minimum absolute atomic E-state index is 0.173. The second-order valence-electron chi connectivity index (χ2n) is 3.47. The number of anilines is 1. The molecule has 15 heavy (non-hydrogen) atoms. The molecule has 0 aliphatic carbocycles. The van der Waals surface area contributed by atoms with Gasteiger partial charge in [-0.15, -0.1) is 0 Å². The van der Waals surface area contributed by atoms with Crippen LogP contribution in [-0.2, 0) is 4.79 Å². The first kappa shape index (κ1) is 10.5. The van der Waals surface area contributed by atoms with Crippen molar-refractivity contribution < 1.29 is 9.53 Å². The molecule has 1 saturated heterocycles. The molecule has 0 saturated carbocycles. The van der Waals surface area contributed by atoms with Crippen LogP contribution >= 0.6 is 15.9 Å². The molecular formula is C11H12BrNO2. The van der Waals surface area contributed by atoms with Crippen molar-refractivity contribution in [3.8, 4) is 5.75 Å². The quantitative estimate of drug-likeness (QED) is 0.826. The number of halogens is 1. The zero-order valence-electron chi connectivity index (χ0n) is 8.50. The third-order valence-corrected chi connectivity index (χ3v) is 3.00. The molecular weight excluding hydrogens is 258 g/mol. The molecule has 0 radical (unpaired) electrons. The average molecular weight is 270 g/mol. The number of carbonyl (C=O) groups excluding carboxylic acids is 1.